The molecule has 41 heavy (non-hydrogen) atoms. The minimum atomic E-state index is -1.07. The van der Waals surface area contributed by atoms with E-state index < -0.39 is 46.7 Å². The van der Waals surface area contributed by atoms with Gasteiger partial charge < -0.3 is 26.6 Å². The maximum Gasteiger partial charge on any atom is 0.315 e. The predicted molar refractivity (Wildman–Crippen MR) is 157 cm³/mol. The molecule has 3 rings (SSSR count). The van der Waals surface area contributed by atoms with Crippen LogP contribution in [-0.4, -0.2) is 65.1 Å². The molecule has 1 aromatic rings. The van der Waals surface area contributed by atoms with Crippen molar-refractivity contribution < 1.29 is 24.0 Å². The predicted octanol–water partition coefficient (Wildman–Crippen LogP) is 2.86. The number of nitrogens with zero attached hydrogens (tertiary/aromatic N) is 1. The Morgan fingerprint density at radius 1 is 0.951 bits per heavy atom. The lowest BCUT2D eigenvalue weighted by Crippen LogP contribution is -2.61. The van der Waals surface area contributed by atoms with Crippen LogP contribution in [0.2, 0.25) is 0 Å². The molecular weight excluding hydrogens is 522 g/mol. The van der Waals surface area contributed by atoms with Gasteiger partial charge in [-0.3, -0.25) is 19.2 Å². The van der Waals surface area contributed by atoms with Gasteiger partial charge in [-0.15, -0.1) is 0 Å². The number of nitrogens with two attached hydrogens (primary N) is 1. The molecule has 0 spiro atoms. The summed E-state index contributed by atoms with van der Waals surface area (Å²) < 4.78 is 0. The van der Waals surface area contributed by atoms with Crippen LogP contribution in [0.4, 0.5) is 4.79 Å². The van der Waals surface area contributed by atoms with Crippen molar-refractivity contribution in [1.82, 2.24) is 20.9 Å². The molecule has 0 radical (unpaired) electrons. The number of nitrogens with one attached hydrogen (secondary N) is 3. The number of rotatable bonds is 9. The number of Topliss-reactive ketones (excluding diaryl/α,β-unsaturated/α-hetero) is 1. The molecule has 2 fully saturated rings. The monoisotopic (exact) mass is 569 g/mol. The molecule has 4 atom stereocenters. The van der Waals surface area contributed by atoms with E-state index in [1.54, 1.807) is 4.90 Å². The van der Waals surface area contributed by atoms with Crippen LogP contribution < -0.4 is 21.7 Å². The molecule has 10 heteroatoms. The molecule has 10 nitrogen and oxygen atoms in total. The van der Waals surface area contributed by atoms with Crippen molar-refractivity contribution in [3.63, 3.8) is 0 Å². The van der Waals surface area contributed by atoms with Gasteiger partial charge in [-0.1, -0.05) is 70.4 Å². The first-order chi connectivity index (χ1) is 19.1. The molecule has 226 valence electrons. The summed E-state index contributed by atoms with van der Waals surface area (Å²) in [5.41, 5.74) is 5.21. The minimum Gasteiger partial charge on any atom is -0.363 e. The van der Waals surface area contributed by atoms with E-state index in [4.69, 9.17) is 5.73 Å². The lowest BCUT2D eigenvalue weighted by Gasteiger charge is -2.42. The van der Waals surface area contributed by atoms with Crippen molar-refractivity contribution in [2.45, 2.75) is 97.2 Å². The number of carbonyl (C=O) groups is 5. The van der Waals surface area contributed by atoms with Gasteiger partial charge in [0.05, 0.1) is 12.0 Å². The number of hydrogen-bond acceptors (Lipinski definition) is 5. The summed E-state index contributed by atoms with van der Waals surface area (Å²) in [4.78, 5) is 66.6. The smallest absolute Gasteiger partial charge is 0.315 e. The van der Waals surface area contributed by atoms with E-state index in [2.05, 4.69) is 16.0 Å². The maximum absolute atomic E-state index is 13.9. The van der Waals surface area contributed by atoms with Crippen molar-refractivity contribution in [2.24, 2.45) is 23.0 Å². The lowest BCUT2D eigenvalue weighted by molar-refractivity contribution is -0.142. The zero-order valence-electron chi connectivity index (χ0n) is 25.3. The standard InChI is InChI=1S/C31H47N5O5/c1-30(2,3)25(34-29(41)35-31(4,5)6)28(40)36-16-15-21(20-13-8-7-9-14-20)22(18-36)27(39)33-23(24(37)26(32)38)17-19-11-10-12-19/h7-9,13-14,19,21-23,25H,10-12,15-18H2,1-6H3,(H2,32,38)(H,33,39)(H2,34,35,41)/t21-,22+,23?,25-/m1/s1. The number of ketones is 1. The molecule has 1 heterocycles. The van der Waals surface area contributed by atoms with E-state index in [1.807, 2.05) is 71.9 Å². The van der Waals surface area contributed by atoms with Crippen molar-refractivity contribution in [3.05, 3.63) is 35.9 Å². The zero-order valence-corrected chi connectivity index (χ0v) is 25.3. The molecule has 0 aromatic heterocycles. The fourth-order valence-corrected chi connectivity index (χ4v) is 5.60. The van der Waals surface area contributed by atoms with Crippen molar-refractivity contribution in [1.29, 1.82) is 0 Å². The average molecular weight is 570 g/mol. The van der Waals surface area contributed by atoms with Gasteiger partial charge in [0.2, 0.25) is 17.6 Å². The van der Waals surface area contributed by atoms with Crippen molar-refractivity contribution >= 4 is 29.5 Å². The number of primary amides is 1. The van der Waals surface area contributed by atoms with Crippen molar-refractivity contribution in [3.8, 4) is 0 Å². The van der Waals surface area contributed by atoms with E-state index in [-0.39, 0.29) is 30.2 Å². The zero-order chi connectivity index (χ0) is 30.5. The summed E-state index contributed by atoms with van der Waals surface area (Å²) in [7, 11) is 0. The second-order valence-electron chi connectivity index (χ2n) is 13.7. The van der Waals surface area contributed by atoms with E-state index in [9.17, 15) is 24.0 Å². The van der Waals surface area contributed by atoms with Crippen LogP contribution >= 0.6 is 0 Å². The molecule has 1 aliphatic carbocycles. The van der Waals surface area contributed by atoms with Crippen LogP contribution in [0, 0.1) is 17.3 Å². The molecule has 1 saturated heterocycles. The Bertz CT molecular complexity index is 1120. The maximum atomic E-state index is 13.9. The van der Waals surface area contributed by atoms with Crippen LogP contribution in [0.5, 0.6) is 0 Å². The van der Waals surface area contributed by atoms with Gasteiger partial charge in [-0.25, -0.2) is 4.79 Å². The number of benzene rings is 1. The summed E-state index contributed by atoms with van der Waals surface area (Å²) in [5.74, 6) is -3.13. The molecule has 5 amide bonds. The van der Waals surface area contributed by atoms with Gasteiger partial charge in [-0.05, 0) is 56.4 Å². The van der Waals surface area contributed by atoms with Gasteiger partial charge in [0.15, 0.2) is 0 Å². The molecule has 0 bridgehead atoms. The van der Waals surface area contributed by atoms with E-state index >= 15 is 0 Å². The number of piperidine rings is 1. The first-order valence-corrected chi connectivity index (χ1v) is 14.6. The molecule has 1 aromatic carbocycles. The number of urea groups is 1. The number of amides is 5. The van der Waals surface area contributed by atoms with Gasteiger partial charge in [0.25, 0.3) is 5.91 Å². The van der Waals surface area contributed by atoms with Crippen LogP contribution in [0.25, 0.3) is 0 Å². The summed E-state index contributed by atoms with van der Waals surface area (Å²) in [6, 6.07) is 7.37. The summed E-state index contributed by atoms with van der Waals surface area (Å²) in [5, 5.41) is 8.54. The van der Waals surface area contributed by atoms with Gasteiger partial charge in [0, 0.05) is 18.6 Å². The third-order valence-electron chi connectivity index (χ3n) is 8.04. The second kappa shape index (κ2) is 13.0. The molecule has 1 saturated carbocycles. The van der Waals surface area contributed by atoms with Gasteiger partial charge >= 0.3 is 6.03 Å². The van der Waals surface area contributed by atoms with E-state index in [0.717, 1.165) is 24.8 Å². The number of hydrogen-bond donors (Lipinski definition) is 4. The Morgan fingerprint density at radius 3 is 2.10 bits per heavy atom. The molecule has 5 N–H and O–H groups in total. The van der Waals surface area contributed by atoms with E-state index in [1.165, 1.54) is 0 Å². The van der Waals surface area contributed by atoms with Crippen LogP contribution in [0.3, 0.4) is 0 Å². The van der Waals surface area contributed by atoms with Crippen LogP contribution in [-0.2, 0) is 19.2 Å². The quantitative estimate of drug-likeness (QED) is 0.337. The Kier molecular flexibility index (Phi) is 10.2. The lowest BCUT2D eigenvalue weighted by atomic mass is 9.78. The Balaban J connectivity index is 1.85. The SMILES string of the molecule is CC(C)(C)NC(=O)N[C@H](C(=O)N1CC[C@H](c2ccccc2)[C@@H](C(=O)NC(CC2CCC2)C(=O)C(N)=O)C1)C(C)(C)C. The average Bonchev–Trinajstić information content (AvgIpc) is 2.86. The fourth-order valence-electron chi connectivity index (χ4n) is 5.60. The highest BCUT2D eigenvalue weighted by atomic mass is 16.2. The largest absolute Gasteiger partial charge is 0.363 e. The molecule has 2 aliphatic rings. The molecular formula is C31H47N5O5. The molecule has 1 aliphatic heterocycles. The van der Waals surface area contributed by atoms with Gasteiger partial charge in [0.1, 0.15) is 6.04 Å². The van der Waals surface area contributed by atoms with Crippen molar-refractivity contribution in [2.75, 3.05) is 13.1 Å². The molecule has 1 unspecified atom stereocenters. The summed E-state index contributed by atoms with van der Waals surface area (Å²) in [6.07, 6.45) is 3.85. The van der Waals surface area contributed by atoms with Gasteiger partial charge in [-0.2, -0.15) is 0 Å². The first-order valence-electron chi connectivity index (χ1n) is 14.6. The summed E-state index contributed by atoms with van der Waals surface area (Å²) in [6.45, 7) is 11.7. The summed E-state index contributed by atoms with van der Waals surface area (Å²) >= 11 is 0. The minimum absolute atomic E-state index is 0.111. The van der Waals surface area contributed by atoms with Crippen LogP contribution in [0.15, 0.2) is 30.3 Å². The van der Waals surface area contributed by atoms with Crippen LogP contribution in [0.1, 0.15) is 85.1 Å². The number of carbonyl (C=O) groups excluding carboxylic acids is 5. The topological polar surface area (TPSA) is 151 Å². The fraction of sp³-hybridized carbons (Fsp3) is 0.645. The Morgan fingerprint density at radius 2 is 1.59 bits per heavy atom. The third-order valence-corrected chi connectivity index (χ3v) is 8.04. The first kappa shape index (κ1) is 32.1. The van der Waals surface area contributed by atoms with E-state index in [0.29, 0.717) is 19.4 Å². The second-order valence-corrected chi connectivity index (χ2v) is 13.7. The Hall–Kier alpha value is -3.43. The number of likely N-dealkylation sites (tertiary alicyclic amines) is 1. The normalized spacial score (nSPS) is 21.2. The third kappa shape index (κ3) is 8.78. The highest BCUT2D eigenvalue weighted by Gasteiger charge is 2.43. The highest BCUT2D eigenvalue weighted by Crippen LogP contribution is 2.35. The highest BCUT2D eigenvalue weighted by molar-refractivity contribution is 6.37. The Labute approximate surface area is 243 Å².